The van der Waals surface area contributed by atoms with Gasteiger partial charge in [0.05, 0.1) is 37.2 Å². The monoisotopic (exact) mass is 247 g/mol. The third-order valence-corrected chi connectivity index (χ3v) is 3.13. The van der Waals surface area contributed by atoms with Crippen molar-refractivity contribution < 1.29 is 9.47 Å². The van der Waals surface area contributed by atoms with Crippen molar-refractivity contribution in [2.24, 2.45) is 0 Å². The second kappa shape index (κ2) is 5.37. The van der Waals surface area contributed by atoms with Gasteiger partial charge in [-0.3, -0.25) is 0 Å². The van der Waals surface area contributed by atoms with E-state index in [1.165, 1.54) is 0 Å². The SMILES string of the molecule is c1nc2ccc(OCCC3COCCN3)cc2[nH]1. The number of H-pyrrole nitrogens is 1. The van der Waals surface area contributed by atoms with Crippen LogP contribution < -0.4 is 10.1 Å². The normalized spacial score (nSPS) is 20.1. The van der Waals surface area contributed by atoms with Crippen LogP contribution >= 0.6 is 0 Å². The van der Waals surface area contributed by atoms with Crippen molar-refractivity contribution in [1.29, 1.82) is 0 Å². The molecule has 2 N–H and O–H groups in total. The van der Waals surface area contributed by atoms with E-state index in [4.69, 9.17) is 9.47 Å². The van der Waals surface area contributed by atoms with Crippen LogP contribution in [0.5, 0.6) is 5.75 Å². The lowest BCUT2D eigenvalue weighted by Crippen LogP contribution is -2.41. The molecule has 1 saturated heterocycles. The van der Waals surface area contributed by atoms with Crippen molar-refractivity contribution >= 4 is 11.0 Å². The number of imidazole rings is 1. The van der Waals surface area contributed by atoms with Gasteiger partial charge in [0.15, 0.2) is 0 Å². The minimum absolute atomic E-state index is 0.412. The molecule has 1 aliphatic rings. The van der Waals surface area contributed by atoms with Crippen LogP contribution in [0, 0.1) is 0 Å². The van der Waals surface area contributed by atoms with E-state index < -0.39 is 0 Å². The topological polar surface area (TPSA) is 59.2 Å². The second-order valence-electron chi connectivity index (χ2n) is 4.44. The highest BCUT2D eigenvalue weighted by molar-refractivity contribution is 5.75. The van der Waals surface area contributed by atoms with Crippen LogP contribution in [0.1, 0.15) is 6.42 Å². The molecule has 0 saturated carbocycles. The molecule has 0 bridgehead atoms. The van der Waals surface area contributed by atoms with Gasteiger partial charge in [0.2, 0.25) is 0 Å². The van der Waals surface area contributed by atoms with E-state index in [0.717, 1.165) is 43.0 Å². The Balaban J connectivity index is 1.52. The maximum Gasteiger partial charge on any atom is 0.121 e. The molecule has 2 heterocycles. The molecule has 0 aliphatic carbocycles. The number of rotatable bonds is 4. The predicted octanol–water partition coefficient (Wildman–Crippen LogP) is 1.32. The molecule has 5 heteroatoms. The van der Waals surface area contributed by atoms with Gasteiger partial charge in [0.1, 0.15) is 5.75 Å². The van der Waals surface area contributed by atoms with Crippen LogP contribution in [0.3, 0.4) is 0 Å². The summed E-state index contributed by atoms with van der Waals surface area (Å²) in [6, 6.07) is 6.30. The first kappa shape index (κ1) is 11.5. The fourth-order valence-corrected chi connectivity index (χ4v) is 2.13. The number of benzene rings is 1. The summed E-state index contributed by atoms with van der Waals surface area (Å²) in [6.07, 6.45) is 2.65. The Morgan fingerprint density at radius 1 is 1.44 bits per heavy atom. The van der Waals surface area contributed by atoms with E-state index >= 15 is 0 Å². The maximum absolute atomic E-state index is 5.74. The summed E-state index contributed by atoms with van der Waals surface area (Å²) in [5.41, 5.74) is 1.97. The average molecular weight is 247 g/mol. The fourth-order valence-electron chi connectivity index (χ4n) is 2.13. The summed E-state index contributed by atoms with van der Waals surface area (Å²) in [4.78, 5) is 7.25. The molecular weight excluding hydrogens is 230 g/mol. The summed E-state index contributed by atoms with van der Waals surface area (Å²) in [6.45, 7) is 3.22. The molecule has 3 rings (SSSR count). The van der Waals surface area contributed by atoms with Gasteiger partial charge in [-0.2, -0.15) is 0 Å². The third kappa shape index (κ3) is 2.63. The zero-order valence-corrected chi connectivity index (χ0v) is 10.2. The van der Waals surface area contributed by atoms with E-state index in [0.29, 0.717) is 12.6 Å². The smallest absolute Gasteiger partial charge is 0.121 e. The number of nitrogens with zero attached hydrogens (tertiary/aromatic N) is 1. The highest BCUT2D eigenvalue weighted by atomic mass is 16.5. The summed E-state index contributed by atoms with van der Waals surface area (Å²) in [5.74, 6) is 0.878. The van der Waals surface area contributed by atoms with E-state index in [2.05, 4.69) is 15.3 Å². The molecule has 1 fully saturated rings. The molecular formula is C13H17N3O2. The van der Waals surface area contributed by atoms with Crippen molar-refractivity contribution in [3.05, 3.63) is 24.5 Å². The molecule has 5 nitrogen and oxygen atoms in total. The van der Waals surface area contributed by atoms with Crippen LogP contribution in [0.25, 0.3) is 11.0 Å². The van der Waals surface area contributed by atoms with Crippen LogP contribution in [0.4, 0.5) is 0 Å². The molecule has 1 aromatic carbocycles. The molecule has 1 atom stereocenters. The van der Waals surface area contributed by atoms with Crippen LogP contribution in [0.2, 0.25) is 0 Å². The Labute approximate surface area is 106 Å². The number of morpholine rings is 1. The van der Waals surface area contributed by atoms with Crippen molar-refractivity contribution in [2.75, 3.05) is 26.4 Å². The summed E-state index contributed by atoms with van der Waals surface area (Å²) in [7, 11) is 0. The van der Waals surface area contributed by atoms with Gasteiger partial charge >= 0.3 is 0 Å². The van der Waals surface area contributed by atoms with E-state index in [1.54, 1.807) is 6.33 Å². The quantitative estimate of drug-likeness (QED) is 0.855. The lowest BCUT2D eigenvalue weighted by Gasteiger charge is -2.23. The van der Waals surface area contributed by atoms with Crippen molar-refractivity contribution in [2.45, 2.75) is 12.5 Å². The van der Waals surface area contributed by atoms with Gasteiger partial charge in [-0.1, -0.05) is 0 Å². The summed E-state index contributed by atoms with van der Waals surface area (Å²) >= 11 is 0. The lowest BCUT2D eigenvalue weighted by atomic mass is 10.2. The van der Waals surface area contributed by atoms with Gasteiger partial charge < -0.3 is 19.8 Å². The minimum atomic E-state index is 0.412. The first-order chi connectivity index (χ1) is 8.92. The van der Waals surface area contributed by atoms with Crippen molar-refractivity contribution in [3.63, 3.8) is 0 Å². The maximum atomic E-state index is 5.74. The Bertz CT molecular complexity index is 506. The predicted molar refractivity (Wildman–Crippen MR) is 68.8 cm³/mol. The number of fused-ring (bicyclic) bond motifs is 1. The third-order valence-electron chi connectivity index (χ3n) is 3.13. The molecule has 18 heavy (non-hydrogen) atoms. The number of hydrogen-bond donors (Lipinski definition) is 2. The first-order valence-electron chi connectivity index (χ1n) is 6.29. The van der Waals surface area contributed by atoms with E-state index in [9.17, 15) is 0 Å². The van der Waals surface area contributed by atoms with Crippen LogP contribution in [0.15, 0.2) is 24.5 Å². The standard InChI is InChI=1S/C13H17N3O2/c1-2-12-13(16-9-15-12)7-11(1)18-5-3-10-8-17-6-4-14-10/h1-2,7,9-10,14H,3-6,8H2,(H,15,16). The van der Waals surface area contributed by atoms with Gasteiger partial charge in [0, 0.05) is 18.7 Å². The van der Waals surface area contributed by atoms with Crippen molar-refractivity contribution in [3.8, 4) is 5.75 Å². The zero-order chi connectivity index (χ0) is 12.2. The van der Waals surface area contributed by atoms with Crippen LogP contribution in [-0.2, 0) is 4.74 Å². The summed E-state index contributed by atoms with van der Waals surface area (Å²) in [5, 5.41) is 3.41. The molecule has 0 spiro atoms. The highest BCUT2D eigenvalue weighted by Crippen LogP contribution is 2.17. The Morgan fingerprint density at radius 2 is 2.44 bits per heavy atom. The van der Waals surface area contributed by atoms with E-state index in [1.807, 2.05) is 18.2 Å². The molecule has 0 radical (unpaired) electrons. The summed E-state index contributed by atoms with van der Waals surface area (Å²) < 4.78 is 11.1. The molecule has 2 aromatic rings. The minimum Gasteiger partial charge on any atom is -0.493 e. The molecule has 0 amide bonds. The number of aromatic nitrogens is 2. The second-order valence-corrected chi connectivity index (χ2v) is 4.44. The lowest BCUT2D eigenvalue weighted by molar-refractivity contribution is 0.0691. The van der Waals surface area contributed by atoms with E-state index in [-0.39, 0.29) is 0 Å². The molecule has 96 valence electrons. The first-order valence-corrected chi connectivity index (χ1v) is 6.29. The van der Waals surface area contributed by atoms with Crippen molar-refractivity contribution in [1.82, 2.24) is 15.3 Å². The number of nitrogens with one attached hydrogen (secondary N) is 2. The number of ether oxygens (including phenoxy) is 2. The van der Waals surface area contributed by atoms with Crippen LogP contribution in [-0.4, -0.2) is 42.4 Å². The largest absolute Gasteiger partial charge is 0.493 e. The molecule has 1 aliphatic heterocycles. The zero-order valence-electron chi connectivity index (χ0n) is 10.2. The van der Waals surface area contributed by atoms with Gasteiger partial charge in [-0.25, -0.2) is 4.98 Å². The Morgan fingerprint density at radius 3 is 3.33 bits per heavy atom. The highest BCUT2D eigenvalue weighted by Gasteiger charge is 2.12. The van der Waals surface area contributed by atoms with Gasteiger partial charge in [0.25, 0.3) is 0 Å². The molecule has 1 aromatic heterocycles. The Hall–Kier alpha value is -1.59. The number of aromatic amines is 1. The molecule has 1 unspecified atom stereocenters. The Kier molecular flexibility index (Phi) is 3.43. The van der Waals surface area contributed by atoms with Gasteiger partial charge in [-0.15, -0.1) is 0 Å². The number of hydrogen-bond acceptors (Lipinski definition) is 4. The van der Waals surface area contributed by atoms with Gasteiger partial charge in [-0.05, 0) is 18.6 Å². The fraction of sp³-hybridized carbons (Fsp3) is 0.462. The average Bonchev–Trinajstić information content (AvgIpc) is 2.87.